The lowest BCUT2D eigenvalue weighted by atomic mass is 10.1. The van der Waals surface area contributed by atoms with Crippen molar-refractivity contribution in [2.24, 2.45) is 0 Å². The van der Waals surface area contributed by atoms with Crippen molar-refractivity contribution in [1.82, 2.24) is 20.0 Å². The molecule has 2 aromatic rings. The van der Waals surface area contributed by atoms with E-state index in [0.717, 1.165) is 57.9 Å². The van der Waals surface area contributed by atoms with Gasteiger partial charge in [0.2, 0.25) is 0 Å². The van der Waals surface area contributed by atoms with Gasteiger partial charge in [-0.2, -0.15) is 0 Å². The summed E-state index contributed by atoms with van der Waals surface area (Å²) >= 11 is 0. The fourth-order valence-corrected chi connectivity index (χ4v) is 4.45. The second kappa shape index (κ2) is 10.7. The van der Waals surface area contributed by atoms with Crippen LogP contribution >= 0.6 is 0 Å². The van der Waals surface area contributed by atoms with Crippen molar-refractivity contribution in [2.45, 2.75) is 25.9 Å². The molecule has 0 aromatic heterocycles. The van der Waals surface area contributed by atoms with E-state index < -0.39 is 0 Å². The number of likely N-dealkylation sites (tertiary alicyclic amines) is 1. The molecule has 0 aliphatic carbocycles. The van der Waals surface area contributed by atoms with Crippen molar-refractivity contribution in [3.63, 3.8) is 0 Å². The Labute approximate surface area is 180 Å². The van der Waals surface area contributed by atoms with Crippen LogP contribution in [0.5, 0.6) is 0 Å². The van der Waals surface area contributed by atoms with Gasteiger partial charge in [-0.05, 0) is 49.2 Å². The molecule has 2 saturated heterocycles. The third kappa shape index (κ3) is 6.14. The first kappa shape index (κ1) is 21.0. The van der Waals surface area contributed by atoms with Crippen LogP contribution in [0.4, 0.5) is 0 Å². The number of piperazine rings is 1. The number of rotatable bonds is 8. The minimum atomic E-state index is 0.0451. The van der Waals surface area contributed by atoms with E-state index in [1.807, 2.05) is 12.1 Å². The number of nitrogens with one attached hydrogen (secondary N) is 1. The van der Waals surface area contributed by atoms with Gasteiger partial charge in [-0.25, -0.2) is 0 Å². The van der Waals surface area contributed by atoms with E-state index in [1.54, 1.807) is 0 Å². The minimum absolute atomic E-state index is 0.0451. The quantitative estimate of drug-likeness (QED) is 0.732. The Morgan fingerprint density at radius 1 is 0.733 bits per heavy atom. The van der Waals surface area contributed by atoms with E-state index in [9.17, 15) is 4.79 Å². The zero-order valence-electron chi connectivity index (χ0n) is 17.9. The highest BCUT2D eigenvalue weighted by atomic mass is 16.1. The Morgan fingerprint density at radius 3 is 2.07 bits per heavy atom. The predicted molar refractivity (Wildman–Crippen MR) is 121 cm³/mol. The van der Waals surface area contributed by atoms with Gasteiger partial charge >= 0.3 is 0 Å². The Hall–Kier alpha value is -2.21. The van der Waals surface area contributed by atoms with E-state index in [0.29, 0.717) is 0 Å². The standard InChI is InChI=1S/C25H34N4O/c30-25(26-11-14-27-12-4-5-13-27)24-10-6-9-23(19-24)21-29-17-15-28(16-18-29)20-22-7-2-1-3-8-22/h1-3,6-10,19H,4-5,11-18,20-21H2,(H,26,30). The van der Waals surface area contributed by atoms with Gasteiger partial charge < -0.3 is 10.2 Å². The Bertz CT molecular complexity index is 796. The van der Waals surface area contributed by atoms with Gasteiger partial charge in [0.05, 0.1) is 0 Å². The molecule has 5 nitrogen and oxygen atoms in total. The number of amides is 1. The molecule has 0 atom stereocenters. The average molecular weight is 407 g/mol. The molecule has 2 heterocycles. The zero-order valence-corrected chi connectivity index (χ0v) is 17.9. The van der Waals surface area contributed by atoms with E-state index >= 15 is 0 Å². The highest BCUT2D eigenvalue weighted by Gasteiger charge is 2.18. The van der Waals surface area contributed by atoms with Gasteiger partial charge in [0.25, 0.3) is 5.91 Å². The lowest BCUT2D eigenvalue weighted by Crippen LogP contribution is -2.45. The second-order valence-corrected chi connectivity index (χ2v) is 8.54. The van der Waals surface area contributed by atoms with E-state index in [2.05, 4.69) is 62.5 Å². The van der Waals surface area contributed by atoms with Crippen molar-refractivity contribution in [1.29, 1.82) is 0 Å². The fourth-order valence-electron chi connectivity index (χ4n) is 4.45. The molecule has 0 bridgehead atoms. The first-order chi connectivity index (χ1) is 14.8. The zero-order chi connectivity index (χ0) is 20.6. The van der Waals surface area contributed by atoms with Crippen LogP contribution in [0.15, 0.2) is 54.6 Å². The lowest BCUT2D eigenvalue weighted by molar-refractivity contribution is 0.0949. The van der Waals surface area contributed by atoms with Crippen molar-refractivity contribution in [3.05, 3.63) is 71.3 Å². The summed E-state index contributed by atoms with van der Waals surface area (Å²) in [6, 6.07) is 18.8. The molecule has 4 rings (SSSR count). The molecule has 0 spiro atoms. The average Bonchev–Trinajstić information content (AvgIpc) is 3.30. The van der Waals surface area contributed by atoms with E-state index in [1.165, 1.54) is 37.1 Å². The SMILES string of the molecule is O=C(NCCN1CCCC1)c1cccc(CN2CCN(Cc3ccccc3)CC2)c1. The van der Waals surface area contributed by atoms with Crippen LogP contribution in [0.25, 0.3) is 0 Å². The van der Waals surface area contributed by atoms with Crippen LogP contribution in [0, 0.1) is 0 Å². The monoisotopic (exact) mass is 406 g/mol. The number of hydrogen-bond donors (Lipinski definition) is 1. The third-order valence-electron chi connectivity index (χ3n) is 6.22. The van der Waals surface area contributed by atoms with Crippen molar-refractivity contribution >= 4 is 5.91 Å². The van der Waals surface area contributed by atoms with Crippen LogP contribution < -0.4 is 5.32 Å². The van der Waals surface area contributed by atoms with Gasteiger partial charge in [-0.15, -0.1) is 0 Å². The second-order valence-electron chi connectivity index (χ2n) is 8.54. The lowest BCUT2D eigenvalue weighted by Gasteiger charge is -2.34. The van der Waals surface area contributed by atoms with E-state index in [4.69, 9.17) is 0 Å². The Morgan fingerprint density at radius 2 is 1.37 bits per heavy atom. The summed E-state index contributed by atoms with van der Waals surface area (Å²) in [6.07, 6.45) is 2.58. The topological polar surface area (TPSA) is 38.8 Å². The molecule has 0 radical (unpaired) electrons. The van der Waals surface area contributed by atoms with Crippen LogP contribution in [0.3, 0.4) is 0 Å². The molecule has 2 fully saturated rings. The van der Waals surface area contributed by atoms with Crippen LogP contribution in [-0.4, -0.2) is 73.0 Å². The third-order valence-corrected chi connectivity index (χ3v) is 6.22. The fraction of sp³-hybridized carbons (Fsp3) is 0.480. The van der Waals surface area contributed by atoms with Crippen LogP contribution in [-0.2, 0) is 13.1 Å². The molecule has 1 N–H and O–H groups in total. The first-order valence-electron chi connectivity index (χ1n) is 11.3. The minimum Gasteiger partial charge on any atom is -0.351 e. The normalized spacial score (nSPS) is 18.5. The molecule has 160 valence electrons. The van der Waals surface area contributed by atoms with Gasteiger partial charge in [0.15, 0.2) is 0 Å². The molecule has 0 saturated carbocycles. The summed E-state index contributed by atoms with van der Waals surface area (Å²) in [5.74, 6) is 0.0451. The smallest absolute Gasteiger partial charge is 0.251 e. The molecule has 0 unspecified atom stereocenters. The van der Waals surface area contributed by atoms with E-state index in [-0.39, 0.29) is 5.91 Å². The van der Waals surface area contributed by atoms with Crippen LogP contribution in [0.2, 0.25) is 0 Å². The van der Waals surface area contributed by atoms with Crippen molar-refractivity contribution in [2.75, 3.05) is 52.4 Å². The molecule has 30 heavy (non-hydrogen) atoms. The number of nitrogens with zero attached hydrogens (tertiary/aromatic N) is 3. The summed E-state index contributed by atoms with van der Waals surface area (Å²) in [5, 5.41) is 3.08. The summed E-state index contributed by atoms with van der Waals surface area (Å²) in [7, 11) is 0. The molecule has 1 amide bonds. The summed E-state index contributed by atoms with van der Waals surface area (Å²) in [4.78, 5) is 20.0. The maximum absolute atomic E-state index is 12.5. The number of carbonyl (C=O) groups is 1. The van der Waals surface area contributed by atoms with Gasteiger partial charge in [-0.1, -0.05) is 42.5 Å². The van der Waals surface area contributed by atoms with Gasteiger partial charge in [0.1, 0.15) is 0 Å². The van der Waals surface area contributed by atoms with Crippen LogP contribution in [0.1, 0.15) is 34.3 Å². The highest BCUT2D eigenvalue weighted by Crippen LogP contribution is 2.13. The van der Waals surface area contributed by atoms with Crippen molar-refractivity contribution in [3.8, 4) is 0 Å². The molecule has 5 heteroatoms. The summed E-state index contributed by atoms with van der Waals surface area (Å²) in [5.41, 5.74) is 3.38. The maximum atomic E-state index is 12.5. The number of benzene rings is 2. The molecule has 2 aromatic carbocycles. The predicted octanol–water partition coefficient (Wildman–Crippen LogP) is 2.83. The number of carbonyl (C=O) groups excluding carboxylic acids is 1. The Kier molecular flexibility index (Phi) is 7.51. The largest absolute Gasteiger partial charge is 0.351 e. The van der Waals surface area contributed by atoms with Crippen molar-refractivity contribution < 1.29 is 4.79 Å². The van der Waals surface area contributed by atoms with Gasteiger partial charge in [-0.3, -0.25) is 14.6 Å². The number of hydrogen-bond acceptors (Lipinski definition) is 4. The first-order valence-corrected chi connectivity index (χ1v) is 11.3. The maximum Gasteiger partial charge on any atom is 0.251 e. The molecular formula is C25H34N4O. The molecular weight excluding hydrogens is 372 g/mol. The van der Waals surface area contributed by atoms with Gasteiger partial charge in [0, 0.05) is 57.9 Å². The molecule has 2 aliphatic heterocycles. The summed E-state index contributed by atoms with van der Waals surface area (Å²) < 4.78 is 0. The summed E-state index contributed by atoms with van der Waals surface area (Å²) in [6.45, 7) is 10.3. The molecule has 2 aliphatic rings. The highest BCUT2D eigenvalue weighted by molar-refractivity contribution is 5.94. The Balaban J connectivity index is 1.22.